The molecule has 0 aromatic heterocycles. The van der Waals surface area contributed by atoms with E-state index >= 15 is 0 Å². The first-order valence-electron chi connectivity index (χ1n) is 9.70. The summed E-state index contributed by atoms with van der Waals surface area (Å²) in [6, 6.07) is 7.53. The van der Waals surface area contributed by atoms with Crippen molar-refractivity contribution in [3.63, 3.8) is 0 Å². The smallest absolute Gasteiger partial charge is 0.222 e. The first-order chi connectivity index (χ1) is 12.4. The van der Waals surface area contributed by atoms with E-state index in [2.05, 4.69) is 19.2 Å². The third kappa shape index (κ3) is 2.48. The second kappa shape index (κ2) is 6.24. The number of aliphatic hydroxyl groups is 1. The Hall–Kier alpha value is -1.59. The number of hydrogen-bond donors (Lipinski definition) is 3. The number of aromatic hydroxyl groups is 1. The Morgan fingerprint density at radius 1 is 1.35 bits per heavy atom. The number of fused-ring (bicyclic) bond motifs is 1. The van der Waals surface area contributed by atoms with Crippen molar-refractivity contribution in [1.29, 1.82) is 0 Å². The SMILES string of the molecule is CC1(C)[C@@H]2C[C@@H]3[C@@H](c4ccccc4O)OCCC3(C2)[C@H]1NC(=O)CCO. The van der Waals surface area contributed by atoms with Crippen molar-refractivity contribution < 1.29 is 19.7 Å². The molecule has 1 spiro atoms. The van der Waals surface area contributed by atoms with Gasteiger partial charge >= 0.3 is 0 Å². The van der Waals surface area contributed by atoms with Crippen LogP contribution in [-0.4, -0.2) is 35.4 Å². The van der Waals surface area contributed by atoms with Crippen LogP contribution < -0.4 is 5.32 Å². The van der Waals surface area contributed by atoms with E-state index in [0.29, 0.717) is 18.4 Å². The van der Waals surface area contributed by atoms with Crippen LogP contribution in [0.1, 0.15) is 51.2 Å². The first-order valence-corrected chi connectivity index (χ1v) is 9.70. The number of phenolic OH excluding ortho intramolecular Hbond substituents is 1. The molecule has 4 rings (SSSR count). The molecule has 3 N–H and O–H groups in total. The summed E-state index contributed by atoms with van der Waals surface area (Å²) in [5.41, 5.74) is 0.898. The summed E-state index contributed by atoms with van der Waals surface area (Å²) in [6.07, 6.45) is 3.13. The molecule has 3 aliphatic rings. The predicted molar refractivity (Wildman–Crippen MR) is 97.5 cm³/mol. The van der Waals surface area contributed by atoms with Gasteiger partial charge in [0.25, 0.3) is 0 Å². The summed E-state index contributed by atoms with van der Waals surface area (Å²) in [5.74, 6) is 1.04. The molecule has 1 aromatic rings. The summed E-state index contributed by atoms with van der Waals surface area (Å²) >= 11 is 0. The van der Waals surface area contributed by atoms with E-state index in [0.717, 1.165) is 24.8 Å². The molecule has 2 bridgehead atoms. The van der Waals surface area contributed by atoms with Gasteiger partial charge in [0.05, 0.1) is 12.7 Å². The van der Waals surface area contributed by atoms with Crippen LogP contribution in [-0.2, 0) is 9.53 Å². The Morgan fingerprint density at radius 2 is 2.12 bits per heavy atom. The molecular formula is C21H29NO4. The molecule has 1 unspecified atom stereocenters. The van der Waals surface area contributed by atoms with Crippen LogP contribution in [0.2, 0.25) is 0 Å². The van der Waals surface area contributed by atoms with Gasteiger partial charge in [-0.15, -0.1) is 0 Å². The second-order valence-electron chi connectivity index (χ2n) is 8.87. The normalized spacial score (nSPS) is 37.3. The number of phenols is 1. The average Bonchev–Trinajstić information content (AvgIpc) is 3.09. The highest BCUT2D eigenvalue weighted by Gasteiger charge is 2.68. The number of carbonyl (C=O) groups excluding carboxylic acids is 1. The van der Waals surface area contributed by atoms with Crippen molar-refractivity contribution in [3.8, 4) is 5.75 Å². The quantitative estimate of drug-likeness (QED) is 0.772. The molecule has 1 aliphatic heterocycles. The van der Waals surface area contributed by atoms with Crippen molar-refractivity contribution in [2.75, 3.05) is 13.2 Å². The summed E-state index contributed by atoms with van der Waals surface area (Å²) in [5, 5.41) is 22.7. The molecule has 0 radical (unpaired) electrons. The van der Waals surface area contributed by atoms with E-state index in [1.165, 1.54) is 0 Å². The summed E-state index contributed by atoms with van der Waals surface area (Å²) < 4.78 is 6.16. The minimum Gasteiger partial charge on any atom is -0.508 e. The highest BCUT2D eigenvalue weighted by molar-refractivity contribution is 5.76. The first kappa shape index (κ1) is 17.8. The van der Waals surface area contributed by atoms with Gasteiger partial charge in [0.15, 0.2) is 0 Å². The number of nitrogens with one attached hydrogen (secondary N) is 1. The van der Waals surface area contributed by atoms with E-state index in [1.807, 2.05) is 18.2 Å². The van der Waals surface area contributed by atoms with Crippen LogP contribution in [0.4, 0.5) is 0 Å². The third-order valence-electron chi connectivity index (χ3n) is 7.39. The standard InChI is InChI=1S/C21H29NO4/c1-20(2)13-11-15-18(14-5-3-4-6-16(14)24)26-10-8-21(15,12-13)19(20)22-17(25)7-9-23/h3-6,13,15,18-19,23-24H,7-12H2,1-2H3,(H,22,25)/t13-,15-,18-,19+,21?/m1/s1. The summed E-state index contributed by atoms with van der Waals surface area (Å²) in [6.45, 7) is 5.04. The molecule has 1 aromatic carbocycles. The molecule has 2 saturated carbocycles. The lowest BCUT2D eigenvalue weighted by atomic mass is 9.58. The Morgan fingerprint density at radius 3 is 2.85 bits per heavy atom. The van der Waals surface area contributed by atoms with Gasteiger partial charge in [0.1, 0.15) is 5.75 Å². The van der Waals surface area contributed by atoms with Crippen LogP contribution in [0, 0.1) is 22.7 Å². The minimum atomic E-state index is -0.123. The van der Waals surface area contributed by atoms with Crippen LogP contribution in [0.3, 0.4) is 0 Å². The fourth-order valence-corrected chi connectivity index (χ4v) is 6.16. The lowest BCUT2D eigenvalue weighted by molar-refractivity contribution is -0.138. The number of carbonyl (C=O) groups is 1. The predicted octanol–water partition coefficient (Wildman–Crippen LogP) is 2.77. The maximum atomic E-state index is 12.3. The largest absolute Gasteiger partial charge is 0.508 e. The molecule has 1 heterocycles. The highest BCUT2D eigenvalue weighted by Crippen LogP contribution is 2.70. The highest BCUT2D eigenvalue weighted by atomic mass is 16.5. The van der Waals surface area contributed by atoms with Crippen molar-refractivity contribution in [3.05, 3.63) is 29.8 Å². The van der Waals surface area contributed by atoms with Crippen LogP contribution in [0.25, 0.3) is 0 Å². The number of hydrogen-bond acceptors (Lipinski definition) is 4. The molecular weight excluding hydrogens is 330 g/mol. The summed E-state index contributed by atoms with van der Waals surface area (Å²) in [7, 11) is 0. The fraction of sp³-hybridized carbons (Fsp3) is 0.667. The number of amides is 1. The Labute approximate surface area is 154 Å². The van der Waals surface area contributed by atoms with Gasteiger partial charge in [-0.25, -0.2) is 0 Å². The molecule has 5 nitrogen and oxygen atoms in total. The van der Waals surface area contributed by atoms with Gasteiger partial charge in [-0.2, -0.15) is 0 Å². The van der Waals surface area contributed by atoms with E-state index in [-0.39, 0.29) is 47.7 Å². The Kier molecular flexibility index (Phi) is 4.27. The van der Waals surface area contributed by atoms with E-state index < -0.39 is 0 Å². The molecule has 5 atom stereocenters. The molecule has 142 valence electrons. The Bertz CT molecular complexity index is 703. The van der Waals surface area contributed by atoms with Gasteiger partial charge in [-0.1, -0.05) is 32.0 Å². The zero-order valence-corrected chi connectivity index (χ0v) is 15.6. The van der Waals surface area contributed by atoms with Crippen molar-refractivity contribution in [1.82, 2.24) is 5.32 Å². The van der Waals surface area contributed by atoms with E-state index in [4.69, 9.17) is 9.84 Å². The fourth-order valence-electron chi connectivity index (χ4n) is 6.16. The van der Waals surface area contributed by atoms with Gasteiger partial charge in [-0.3, -0.25) is 4.79 Å². The number of benzene rings is 1. The lowest BCUT2D eigenvalue weighted by Crippen LogP contribution is -2.59. The van der Waals surface area contributed by atoms with Crippen molar-refractivity contribution >= 4 is 5.91 Å². The van der Waals surface area contributed by atoms with Gasteiger partial charge < -0.3 is 20.3 Å². The Balaban J connectivity index is 1.68. The maximum Gasteiger partial charge on any atom is 0.222 e. The van der Waals surface area contributed by atoms with Crippen LogP contribution in [0.5, 0.6) is 5.75 Å². The average molecular weight is 359 g/mol. The van der Waals surface area contributed by atoms with E-state index in [1.54, 1.807) is 6.07 Å². The number of ether oxygens (including phenoxy) is 1. The van der Waals surface area contributed by atoms with Gasteiger partial charge in [0.2, 0.25) is 5.91 Å². The summed E-state index contributed by atoms with van der Waals surface area (Å²) in [4.78, 5) is 12.3. The molecule has 2 aliphatic carbocycles. The van der Waals surface area contributed by atoms with Crippen molar-refractivity contribution in [2.45, 2.75) is 51.7 Å². The maximum absolute atomic E-state index is 12.3. The topological polar surface area (TPSA) is 78.8 Å². The molecule has 5 heteroatoms. The second-order valence-corrected chi connectivity index (χ2v) is 8.87. The molecule has 1 amide bonds. The van der Waals surface area contributed by atoms with Crippen LogP contribution in [0.15, 0.2) is 24.3 Å². The molecule has 3 fully saturated rings. The minimum absolute atomic E-state index is 0.00444. The number of rotatable bonds is 4. The monoisotopic (exact) mass is 359 g/mol. The van der Waals surface area contributed by atoms with Gasteiger partial charge in [0, 0.05) is 24.6 Å². The number of aliphatic hydroxyl groups excluding tert-OH is 1. The molecule has 26 heavy (non-hydrogen) atoms. The lowest BCUT2D eigenvalue weighted by Gasteiger charge is -2.53. The van der Waals surface area contributed by atoms with Crippen molar-refractivity contribution in [2.24, 2.45) is 22.7 Å². The zero-order valence-electron chi connectivity index (χ0n) is 15.6. The zero-order chi connectivity index (χ0) is 18.5. The van der Waals surface area contributed by atoms with Crippen LogP contribution >= 0.6 is 0 Å². The third-order valence-corrected chi connectivity index (χ3v) is 7.39. The number of para-hydroxylation sites is 1. The van der Waals surface area contributed by atoms with Gasteiger partial charge in [-0.05, 0) is 48.0 Å². The molecule has 1 saturated heterocycles. The van der Waals surface area contributed by atoms with E-state index in [9.17, 15) is 9.90 Å².